The quantitative estimate of drug-likeness (QED) is 0.829. The monoisotopic (exact) mass is 243 g/mol. The van der Waals surface area contributed by atoms with Crippen LogP contribution in [0.1, 0.15) is 21.7 Å². The largest absolute Gasteiger partial charge is 0.396 e. The van der Waals surface area contributed by atoms with Crippen molar-refractivity contribution >= 4 is 17.4 Å². The van der Waals surface area contributed by atoms with Gasteiger partial charge in [-0.3, -0.25) is 4.79 Å². The summed E-state index contributed by atoms with van der Waals surface area (Å²) in [5.41, 5.74) is 7.84. The smallest absolute Gasteiger partial charge is 0.258 e. The summed E-state index contributed by atoms with van der Waals surface area (Å²) in [6, 6.07) is 5.05. The topological polar surface area (TPSA) is 93.8 Å². The van der Waals surface area contributed by atoms with Crippen LogP contribution in [0, 0.1) is 13.8 Å². The van der Waals surface area contributed by atoms with Crippen molar-refractivity contribution in [2.45, 2.75) is 13.8 Å². The zero-order chi connectivity index (χ0) is 13.1. The van der Waals surface area contributed by atoms with E-state index in [1.165, 1.54) is 0 Å². The van der Waals surface area contributed by atoms with Gasteiger partial charge in [0.25, 0.3) is 5.91 Å². The lowest BCUT2D eigenvalue weighted by Crippen LogP contribution is -2.16. The lowest BCUT2D eigenvalue weighted by atomic mass is 10.2. The van der Waals surface area contributed by atoms with E-state index < -0.39 is 0 Å². The predicted octanol–water partition coefficient (Wildman–Crippen LogP) is 1.32. The second kappa shape index (κ2) is 4.79. The summed E-state index contributed by atoms with van der Waals surface area (Å²) in [6.07, 6.45) is 1.56. The van der Waals surface area contributed by atoms with Crippen LogP contribution < -0.4 is 11.1 Å². The van der Waals surface area contributed by atoms with E-state index in [2.05, 4.69) is 20.5 Å². The third kappa shape index (κ3) is 2.42. The number of nitrogens with two attached hydrogens (primary N) is 1. The van der Waals surface area contributed by atoms with Gasteiger partial charge in [0.2, 0.25) is 0 Å². The van der Waals surface area contributed by atoms with Crippen molar-refractivity contribution in [1.29, 1.82) is 0 Å². The predicted molar refractivity (Wildman–Crippen MR) is 68.1 cm³/mol. The van der Waals surface area contributed by atoms with Crippen LogP contribution in [0.15, 0.2) is 24.4 Å². The van der Waals surface area contributed by atoms with Crippen LogP contribution in [0.4, 0.5) is 11.5 Å². The van der Waals surface area contributed by atoms with Gasteiger partial charge in [-0.2, -0.15) is 10.2 Å². The van der Waals surface area contributed by atoms with E-state index in [0.717, 1.165) is 0 Å². The second-order valence-electron chi connectivity index (χ2n) is 3.88. The van der Waals surface area contributed by atoms with Gasteiger partial charge in [-0.15, -0.1) is 0 Å². The normalized spacial score (nSPS) is 10.1. The fourth-order valence-electron chi connectivity index (χ4n) is 1.48. The maximum Gasteiger partial charge on any atom is 0.258 e. The number of rotatable bonds is 2. The molecule has 6 nitrogen and oxygen atoms in total. The van der Waals surface area contributed by atoms with Crippen molar-refractivity contribution in [3.8, 4) is 0 Å². The molecule has 0 aliphatic rings. The van der Waals surface area contributed by atoms with Crippen LogP contribution in [0.5, 0.6) is 0 Å². The van der Waals surface area contributed by atoms with Crippen LogP contribution in [0.3, 0.4) is 0 Å². The molecule has 1 amide bonds. The molecule has 92 valence electrons. The third-order valence-corrected chi connectivity index (χ3v) is 2.42. The molecule has 3 N–H and O–H groups in total. The van der Waals surface area contributed by atoms with Crippen LogP contribution in [-0.4, -0.2) is 21.1 Å². The molecule has 0 fully saturated rings. The van der Waals surface area contributed by atoms with Crippen LogP contribution >= 0.6 is 0 Å². The van der Waals surface area contributed by atoms with Crippen molar-refractivity contribution in [2.24, 2.45) is 0 Å². The van der Waals surface area contributed by atoms with E-state index in [-0.39, 0.29) is 5.91 Å². The number of anilines is 2. The standard InChI is InChI=1S/C12H13N5O/c1-7-6-9(8(2)17-16-7)12(18)15-11-10(13)4-3-5-14-11/h3-6H,13H2,1-2H3,(H,14,15,18). The molecule has 2 aromatic heterocycles. The Balaban J connectivity index is 2.28. The molecule has 0 unspecified atom stereocenters. The third-order valence-electron chi connectivity index (χ3n) is 2.42. The lowest BCUT2D eigenvalue weighted by molar-refractivity contribution is 0.102. The van der Waals surface area contributed by atoms with Gasteiger partial charge in [-0.25, -0.2) is 4.98 Å². The van der Waals surface area contributed by atoms with Gasteiger partial charge in [0.15, 0.2) is 5.82 Å². The number of nitrogens with one attached hydrogen (secondary N) is 1. The van der Waals surface area contributed by atoms with E-state index >= 15 is 0 Å². The fraction of sp³-hybridized carbons (Fsp3) is 0.167. The SMILES string of the molecule is Cc1cc(C(=O)Nc2ncccc2N)c(C)nn1. The first kappa shape index (κ1) is 12.0. The zero-order valence-electron chi connectivity index (χ0n) is 10.1. The summed E-state index contributed by atoms with van der Waals surface area (Å²) in [5, 5.41) is 10.4. The number of nitrogens with zero attached hydrogens (tertiary/aromatic N) is 3. The molecule has 0 saturated heterocycles. The summed E-state index contributed by atoms with van der Waals surface area (Å²) in [4.78, 5) is 16.1. The first-order valence-electron chi connectivity index (χ1n) is 5.40. The van der Waals surface area contributed by atoms with Gasteiger partial charge in [-0.05, 0) is 32.0 Å². The molecule has 0 aliphatic heterocycles. The highest BCUT2D eigenvalue weighted by Crippen LogP contribution is 2.15. The van der Waals surface area contributed by atoms with Crippen LogP contribution in [0.25, 0.3) is 0 Å². The molecule has 0 atom stereocenters. The number of aromatic nitrogens is 3. The number of carbonyl (C=O) groups is 1. The number of amides is 1. The zero-order valence-corrected chi connectivity index (χ0v) is 10.1. The molecule has 2 heterocycles. The number of aryl methyl sites for hydroxylation is 2. The number of hydrogen-bond donors (Lipinski definition) is 2. The highest BCUT2D eigenvalue weighted by molar-refractivity contribution is 6.05. The number of hydrogen-bond acceptors (Lipinski definition) is 5. The van der Waals surface area contributed by atoms with Crippen molar-refractivity contribution in [3.63, 3.8) is 0 Å². The Bertz CT molecular complexity index is 597. The van der Waals surface area contributed by atoms with E-state index in [1.54, 1.807) is 38.2 Å². The number of carbonyl (C=O) groups excluding carboxylic acids is 1. The van der Waals surface area contributed by atoms with Gasteiger partial charge in [0, 0.05) is 6.20 Å². The average Bonchev–Trinajstić information content (AvgIpc) is 2.35. The molecule has 0 saturated carbocycles. The molecule has 2 rings (SSSR count). The molecular weight excluding hydrogens is 230 g/mol. The second-order valence-corrected chi connectivity index (χ2v) is 3.88. The number of nitrogen functional groups attached to an aromatic ring is 1. The first-order valence-corrected chi connectivity index (χ1v) is 5.40. The van der Waals surface area contributed by atoms with E-state index in [0.29, 0.717) is 28.5 Å². The Morgan fingerprint density at radius 1 is 1.33 bits per heavy atom. The Kier molecular flexibility index (Phi) is 3.18. The number of pyridine rings is 1. The molecule has 6 heteroatoms. The average molecular weight is 243 g/mol. The van der Waals surface area contributed by atoms with E-state index in [1.807, 2.05) is 0 Å². The molecule has 0 spiro atoms. The summed E-state index contributed by atoms with van der Waals surface area (Å²) < 4.78 is 0. The molecule has 0 aromatic carbocycles. The highest BCUT2D eigenvalue weighted by atomic mass is 16.1. The van der Waals surface area contributed by atoms with Crippen molar-refractivity contribution in [3.05, 3.63) is 41.3 Å². The van der Waals surface area contributed by atoms with Crippen molar-refractivity contribution < 1.29 is 4.79 Å². The van der Waals surface area contributed by atoms with Gasteiger partial charge < -0.3 is 11.1 Å². The summed E-state index contributed by atoms with van der Waals surface area (Å²) >= 11 is 0. The van der Waals surface area contributed by atoms with Crippen LogP contribution in [0.2, 0.25) is 0 Å². The van der Waals surface area contributed by atoms with E-state index in [9.17, 15) is 4.79 Å². The van der Waals surface area contributed by atoms with E-state index in [4.69, 9.17) is 5.73 Å². The minimum Gasteiger partial charge on any atom is -0.396 e. The lowest BCUT2D eigenvalue weighted by Gasteiger charge is -2.08. The summed E-state index contributed by atoms with van der Waals surface area (Å²) in [7, 11) is 0. The highest BCUT2D eigenvalue weighted by Gasteiger charge is 2.12. The Morgan fingerprint density at radius 2 is 2.11 bits per heavy atom. The molecule has 2 aromatic rings. The van der Waals surface area contributed by atoms with Gasteiger partial charge in [-0.1, -0.05) is 0 Å². The van der Waals surface area contributed by atoms with Gasteiger partial charge in [0.05, 0.1) is 22.6 Å². The Labute approximate surface area is 104 Å². The van der Waals surface area contributed by atoms with Gasteiger partial charge >= 0.3 is 0 Å². The fourth-order valence-corrected chi connectivity index (χ4v) is 1.48. The Hall–Kier alpha value is -2.50. The van der Waals surface area contributed by atoms with Crippen molar-refractivity contribution in [1.82, 2.24) is 15.2 Å². The maximum atomic E-state index is 12.1. The minimum atomic E-state index is -0.295. The van der Waals surface area contributed by atoms with Crippen LogP contribution in [-0.2, 0) is 0 Å². The summed E-state index contributed by atoms with van der Waals surface area (Å²) in [5.74, 6) is 0.0484. The summed E-state index contributed by atoms with van der Waals surface area (Å²) in [6.45, 7) is 3.50. The molecule has 0 radical (unpaired) electrons. The molecule has 0 aliphatic carbocycles. The molecule has 18 heavy (non-hydrogen) atoms. The minimum absolute atomic E-state index is 0.295. The van der Waals surface area contributed by atoms with Crippen molar-refractivity contribution in [2.75, 3.05) is 11.1 Å². The molecular formula is C12H13N5O. The first-order chi connectivity index (χ1) is 8.58. The van der Waals surface area contributed by atoms with Gasteiger partial charge in [0.1, 0.15) is 0 Å². The Morgan fingerprint density at radius 3 is 2.83 bits per heavy atom. The maximum absolute atomic E-state index is 12.1. The molecule has 0 bridgehead atoms.